The SMILES string of the molecule is CSC(C)(C)CNC(C)c1ccc(C#N)cc1. The van der Waals surface area contributed by atoms with Gasteiger partial charge in [0.05, 0.1) is 11.6 Å². The average molecular weight is 248 g/mol. The van der Waals surface area contributed by atoms with Crippen LogP contribution in [0, 0.1) is 11.3 Å². The van der Waals surface area contributed by atoms with Crippen LogP contribution in [0.25, 0.3) is 0 Å². The fourth-order valence-electron chi connectivity index (χ4n) is 1.44. The van der Waals surface area contributed by atoms with Gasteiger partial charge in [0.15, 0.2) is 0 Å². The standard InChI is InChI=1S/C14H20N2S/c1-11(16-10-14(2,3)17-4)13-7-5-12(9-15)6-8-13/h5-8,11,16H,10H2,1-4H3. The molecule has 0 saturated heterocycles. The summed E-state index contributed by atoms with van der Waals surface area (Å²) in [6, 6.07) is 10.2. The monoisotopic (exact) mass is 248 g/mol. The first-order valence-corrected chi connectivity index (χ1v) is 6.99. The first-order chi connectivity index (χ1) is 7.98. The zero-order valence-electron chi connectivity index (χ0n) is 10.9. The Hall–Kier alpha value is -0.980. The summed E-state index contributed by atoms with van der Waals surface area (Å²) < 4.78 is 0.251. The van der Waals surface area contributed by atoms with Crippen LogP contribution in [0.3, 0.4) is 0 Å². The van der Waals surface area contributed by atoms with Crippen LogP contribution in [0.5, 0.6) is 0 Å². The van der Waals surface area contributed by atoms with Crippen molar-refractivity contribution in [2.75, 3.05) is 12.8 Å². The Kier molecular flexibility index (Phi) is 5.04. The van der Waals surface area contributed by atoms with Crippen LogP contribution in [0.2, 0.25) is 0 Å². The Balaban J connectivity index is 2.58. The van der Waals surface area contributed by atoms with Gasteiger partial charge in [0.25, 0.3) is 0 Å². The first kappa shape index (κ1) is 14.1. The summed E-state index contributed by atoms with van der Waals surface area (Å²) in [5, 5.41) is 12.3. The van der Waals surface area contributed by atoms with Gasteiger partial charge in [0, 0.05) is 17.3 Å². The number of hydrogen-bond donors (Lipinski definition) is 1. The molecular weight excluding hydrogens is 228 g/mol. The Bertz CT molecular complexity index is 390. The molecule has 0 aromatic heterocycles. The summed E-state index contributed by atoms with van der Waals surface area (Å²) in [6.07, 6.45) is 2.13. The minimum absolute atomic E-state index is 0.251. The molecule has 1 unspecified atom stereocenters. The summed E-state index contributed by atoms with van der Waals surface area (Å²) in [7, 11) is 0. The number of nitriles is 1. The molecular formula is C14H20N2S. The Morgan fingerprint density at radius 2 is 1.94 bits per heavy atom. The molecule has 0 aliphatic rings. The molecule has 1 aromatic carbocycles. The predicted molar refractivity (Wildman–Crippen MR) is 75.2 cm³/mol. The van der Waals surface area contributed by atoms with Crippen LogP contribution in [-0.4, -0.2) is 17.5 Å². The second kappa shape index (κ2) is 6.09. The van der Waals surface area contributed by atoms with Crippen molar-refractivity contribution in [3.63, 3.8) is 0 Å². The largest absolute Gasteiger partial charge is 0.309 e. The maximum Gasteiger partial charge on any atom is 0.0991 e. The van der Waals surface area contributed by atoms with E-state index in [9.17, 15) is 0 Å². The van der Waals surface area contributed by atoms with Gasteiger partial charge in [-0.25, -0.2) is 0 Å². The summed E-state index contributed by atoms with van der Waals surface area (Å²) in [5.41, 5.74) is 1.94. The fraction of sp³-hybridized carbons (Fsp3) is 0.500. The van der Waals surface area contributed by atoms with Crippen LogP contribution >= 0.6 is 11.8 Å². The quantitative estimate of drug-likeness (QED) is 0.868. The fourth-order valence-corrected chi connectivity index (χ4v) is 1.66. The second-order valence-electron chi connectivity index (χ2n) is 4.80. The zero-order valence-corrected chi connectivity index (χ0v) is 11.8. The van der Waals surface area contributed by atoms with Crippen LogP contribution in [0.4, 0.5) is 0 Å². The highest BCUT2D eigenvalue weighted by molar-refractivity contribution is 7.99. The van der Waals surface area contributed by atoms with Crippen LogP contribution in [0.15, 0.2) is 24.3 Å². The Morgan fingerprint density at radius 3 is 2.41 bits per heavy atom. The van der Waals surface area contributed by atoms with Crippen molar-refractivity contribution in [3.05, 3.63) is 35.4 Å². The van der Waals surface area contributed by atoms with Crippen molar-refractivity contribution in [1.29, 1.82) is 5.26 Å². The lowest BCUT2D eigenvalue weighted by Gasteiger charge is -2.25. The second-order valence-corrected chi connectivity index (χ2v) is 6.31. The van der Waals surface area contributed by atoms with Crippen molar-refractivity contribution in [2.24, 2.45) is 0 Å². The van der Waals surface area contributed by atoms with Crippen molar-refractivity contribution in [1.82, 2.24) is 5.32 Å². The molecule has 92 valence electrons. The molecule has 3 heteroatoms. The number of hydrogen-bond acceptors (Lipinski definition) is 3. The molecule has 0 heterocycles. The molecule has 0 fully saturated rings. The van der Waals surface area contributed by atoms with Gasteiger partial charge in [-0.1, -0.05) is 12.1 Å². The lowest BCUT2D eigenvalue weighted by molar-refractivity contribution is 0.522. The van der Waals surface area contributed by atoms with E-state index in [0.29, 0.717) is 11.6 Å². The van der Waals surface area contributed by atoms with Gasteiger partial charge in [-0.2, -0.15) is 17.0 Å². The lowest BCUT2D eigenvalue weighted by atomic mass is 10.1. The Morgan fingerprint density at radius 1 is 1.35 bits per heavy atom. The smallest absolute Gasteiger partial charge is 0.0991 e. The van der Waals surface area contributed by atoms with Crippen molar-refractivity contribution in [3.8, 4) is 6.07 Å². The van der Waals surface area contributed by atoms with Gasteiger partial charge in [-0.15, -0.1) is 0 Å². The summed E-state index contributed by atoms with van der Waals surface area (Å²) >= 11 is 1.86. The summed E-state index contributed by atoms with van der Waals surface area (Å²) in [5.74, 6) is 0. The highest BCUT2D eigenvalue weighted by Crippen LogP contribution is 2.21. The highest BCUT2D eigenvalue weighted by atomic mass is 32.2. The molecule has 0 radical (unpaired) electrons. The van der Waals surface area contributed by atoms with E-state index in [1.54, 1.807) is 0 Å². The maximum absolute atomic E-state index is 8.74. The number of rotatable bonds is 5. The molecule has 2 nitrogen and oxygen atoms in total. The van der Waals surface area contributed by atoms with Gasteiger partial charge < -0.3 is 5.32 Å². The number of benzene rings is 1. The minimum atomic E-state index is 0.251. The van der Waals surface area contributed by atoms with E-state index in [2.05, 4.69) is 38.4 Å². The van der Waals surface area contributed by atoms with Gasteiger partial charge in [-0.05, 0) is 44.7 Å². The summed E-state index contributed by atoms with van der Waals surface area (Å²) in [4.78, 5) is 0. The normalized spacial score (nSPS) is 13.1. The molecule has 17 heavy (non-hydrogen) atoms. The molecule has 0 aliphatic heterocycles. The van der Waals surface area contributed by atoms with E-state index >= 15 is 0 Å². The van der Waals surface area contributed by atoms with Crippen LogP contribution < -0.4 is 5.32 Å². The Labute approximate surface area is 108 Å². The number of nitrogens with zero attached hydrogens (tertiary/aromatic N) is 1. The van der Waals surface area contributed by atoms with E-state index in [1.807, 2.05) is 36.0 Å². The molecule has 1 rings (SSSR count). The molecule has 1 N–H and O–H groups in total. The van der Waals surface area contributed by atoms with E-state index in [4.69, 9.17) is 5.26 Å². The zero-order chi connectivity index (χ0) is 12.9. The van der Waals surface area contributed by atoms with Gasteiger partial charge >= 0.3 is 0 Å². The van der Waals surface area contributed by atoms with Crippen LogP contribution in [-0.2, 0) is 0 Å². The molecule has 0 saturated carbocycles. The van der Waals surface area contributed by atoms with E-state index in [1.165, 1.54) is 5.56 Å². The number of thioether (sulfide) groups is 1. The topological polar surface area (TPSA) is 35.8 Å². The third-order valence-corrected chi connectivity index (χ3v) is 4.18. The van der Waals surface area contributed by atoms with Crippen molar-refractivity contribution in [2.45, 2.75) is 31.6 Å². The summed E-state index contributed by atoms with van der Waals surface area (Å²) in [6.45, 7) is 7.58. The lowest BCUT2D eigenvalue weighted by Crippen LogP contribution is -2.33. The van der Waals surface area contributed by atoms with E-state index < -0.39 is 0 Å². The molecule has 1 atom stereocenters. The van der Waals surface area contributed by atoms with Crippen LogP contribution in [0.1, 0.15) is 37.9 Å². The van der Waals surface area contributed by atoms with Gasteiger partial charge in [0.2, 0.25) is 0 Å². The number of nitrogens with one attached hydrogen (secondary N) is 1. The first-order valence-electron chi connectivity index (χ1n) is 5.77. The molecule has 0 aliphatic carbocycles. The molecule has 0 bridgehead atoms. The molecule has 1 aromatic rings. The van der Waals surface area contributed by atoms with E-state index in [0.717, 1.165) is 6.54 Å². The molecule has 0 spiro atoms. The van der Waals surface area contributed by atoms with E-state index in [-0.39, 0.29) is 4.75 Å². The van der Waals surface area contributed by atoms with Crippen molar-refractivity contribution >= 4 is 11.8 Å². The molecule has 0 amide bonds. The third kappa shape index (κ3) is 4.41. The third-order valence-electron chi connectivity index (χ3n) is 2.93. The average Bonchev–Trinajstić information content (AvgIpc) is 2.36. The van der Waals surface area contributed by atoms with Crippen molar-refractivity contribution < 1.29 is 0 Å². The highest BCUT2D eigenvalue weighted by Gasteiger charge is 2.17. The van der Waals surface area contributed by atoms with Gasteiger partial charge in [-0.3, -0.25) is 0 Å². The minimum Gasteiger partial charge on any atom is -0.309 e. The van der Waals surface area contributed by atoms with Gasteiger partial charge in [0.1, 0.15) is 0 Å². The maximum atomic E-state index is 8.74. The predicted octanol–water partition coefficient (Wildman–Crippen LogP) is 3.35.